The van der Waals surface area contributed by atoms with Gasteiger partial charge in [0.05, 0.1) is 0 Å². The van der Waals surface area contributed by atoms with Gasteiger partial charge in [-0.05, 0) is 25.3 Å². The van der Waals surface area contributed by atoms with Crippen LogP contribution in [-0.4, -0.2) is 30.7 Å². The summed E-state index contributed by atoms with van der Waals surface area (Å²) in [5.74, 6) is 0.685. The van der Waals surface area contributed by atoms with Gasteiger partial charge in [0.25, 0.3) is 0 Å². The quantitative estimate of drug-likeness (QED) is 0.855. The Hall–Kier alpha value is -0.610. The van der Waals surface area contributed by atoms with Crippen LogP contribution >= 0.6 is 11.3 Å². The summed E-state index contributed by atoms with van der Waals surface area (Å²) in [6, 6.07) is 0.655. The van der Waals surface area contributed by atoms with Gasteiger partial charge in [0.2, 0.25) is 0 Å². The van der Waals surface area contributed by atoms with Crippen molar-refractivity contribution in [3.05, 3.63) is 11.6 Å². The average Bonchev–Trinajstić information content (AvgIpc) is 2.88. The molecule has 1 aromatic heterocycles. The van der Waals surface area contributed by atoms with E-state index in [-0.39, 0.29) is 0 Å². The molecule has 2 rings (SSSR count). The molecular formula is C12H21N3S. The van der Waals surface area contributed by atoms with Crippen LogP contribution in [-0.2, 0) is 0 Å². The second-order valence-corrected chi connectivity index (χ2v) is 5.78. The lowest BCUT2D eigenvalue weighted by molar-refractivity contribution is 0.540. The molecule has 1 aromatic rings. The maximum Gasteiger partial charge on any atom is 0.185 e. The van der Waals surface area contributed by atoms with Crippen molar-refractivity contribution in [1.29, 1.82) is 0 Å². The number of hydrogen-bond donors (Lipinski definition) is 1. The van der Waals surface area contributed by atoms with E-state index in [9.17, 15) is 0 Å². The average molecular weight is 239 g/mol. The van der Waals surface area contributed by atoms with E-state index < -0.39 is 0 Å². The smallest absolute Gasteiger partial charge is 0.185 e. The minimum absolute atomic E-state index is 0.655. The van der Waals surface area contributed by atoms with Gasteiger partial charge in [-0.2, -0.15) is 0 Å². The number of nitrogens with zero attached hydrogens (tertiary/aromatic N) is 2. The number of anilines is 1. The van der Waals surface area contributed by atoms with E-state index in [1.54, 1.807) is 11.3 Å². The van der Waals surface area contributed by atoms with Crippen molar-refractivity contribution in [2.75, 3.05) is 24.5 Å². The molecule has 0 amide bonds. The molecule has 1 N–H and O–H groups in total. The van der Waals surface area contributed by atoms with E-state index in [1.807, 2.05) is 6.20 Å². The molecule has 0 aromatic carbocycles. The minimum Gasteiger partial charge on any atom is -0.346 e. The lowest BCUT2D eigenvalue weighted by Gasteiger charge is -2.26. The van der Waals surface area contributed by atoms with Gasteiger partial charge < -0.3 is 10.2 Å². The third kappa shape index (κ3) is 3.19. The van der Waals surface area contributed by atoms with Crippen molar-refractivity contribution < 1.29 is 0 Å². The Morgan fingerprint density at radius 3 is 3.06 bits per heavy atom. The van der Waals surface area contributed by atoms with E-state index in [4.69, 9.17) is 0 Å². The van der Waals surface area contributed by atoms with Gasteiger partial charge in [-0.1, -0.05) is 13.8 Å². The van der Waals surface area contributed by atoms with Crippen LogP contribution in [0.25, 0.3) is 0 Å². The molecule has 1 saturated heterocycles. The largest absolute Gasteiger partial charge is 0.346 e. The molecule has 90 valence electrons. The van der Waals surface area contributed by atoms with Gasteiger partial charge in [0.1, 0.15) is 0 Å². The Kier molecular flexibility index (Phi) is 4.18. The number of aromatic nitrogens is 1. The third-order valence-electron chi connectivity index (χ3n) is 2.88. The topological polar surface area (TPSA) is 28.2 Å². The van der Waals surface area contributed by atoms with E-state index in [2.05, 4.69) is 34.4 Å². The van der Waals surface area contributed by atoms with Crippen molar-refractivity contribution in [2.24, 2.45) is 5.92 Å². The highest BCUT2D eigenvalue weighted by Gasteiger charge is 2.19. The fraction of sp³-hybridized carbons (Fsp3) is 0.750. The summed E-state index contributed by atoms with van der Waals surface area (Å²) in [6.45, 7) is 7.92. The molecule has 0 aliphatic carbocycles. The predicted octanol–water partition coefficient (Wildman–Crippen LogP) is 2.36. The molecule has 2 heterocycles. The van der Waals surface area contributed by atoms with Crippen LogP contribution in [0.1, 0.15) is 26.7 Å². The number of rotatable bonds is 5. The van der Waals surface area contributed by atoms with Crippen molar-refractivity contribution >= 4 is 16.5 Å². The Balaban J connectivity index is 1.96. The maximum absolute atomic E-state index is 4.43. The molecule has 16 heavy (non-hydrogen) atoms. The van der Waals surface area contributed by atoms with E-state index in [0.29, 0.717) is 12.0 Å². The predicted molar refractivity (Wildman–Crippen MR) is 70.2 cm³/mol. The Bertz CT molecular complexity index is 291. The molecule has 1 fully saturated rings. The Morgan fingerprint density at radius 1 is 1.62 bits per heavy atom. The first-order chi connectivity index (χ1) is 7.75. The molecule has 0 radical (unpaired) electrons. The van der Waals surface area contributed by atoms with Gasteiger partial charge in [-0.15, -0.1) is 11.3 Å². The van der Waals surface area contributed by atoms with Crippen LogP contribution in [0, 0.1) is 5.92 Å². The Morgan fingerprint density at radius 2 is 2.50 bits per heavy atom. The third-order valence-corrected chi connectivity index (χ3v) is 3.71. The van der Waals surface area contributed by atoms with Gasteiger partial charge in [0.15, 0.2) is 5.13 Å². The molecule has 0 saturated carbocycles. The fourth-order valence-electron chi connectivity index (χ4n) is 2.22. The van der Waals surface area contributed by atoms with Crippen molar-refractivity contribution in [1.82, 2.24) is 10.3 Å². The maximum atomic E-state index is 4.43. The summed E-state index contributed by atoms with van der Waals surface area (Å²) in [6.07, 6.45) is 4.52. The Labute approximate surface area is 102 Å². The SMILES string of the molecule is CC(C)CN(CC1CCCN1)c1nccs1. The van der Waals surface area contributed by atoms with Crippen LogP contribution in [0.4, 0.5) is 5.13 Å². The molecule has 1 atom stereocenters. The van der Waals surface area contributed by atoms with Crippen molar-refractivity contribution in [3.8, 4) is 0 Å². The highest BCUT2D eigenvalue weighted by molar-refractivity contribution is 7.13. The second-order valence-electron chi connectivity index (χ2n) is 4.91. The first kappa shape index (κ1) is 11.9. The lowest BCUT2D eigenvalue weighted by Crippen LogP contribution is -2.39. The summed E-state index contributed by atoms with van der Waals surface area (Å²) in [5.41, 5.74) is 0. The molecule has 3 nitrogen and oxygen atoms in total. The first-order valence-corrected chi connectivity index (χ1v) is 7.01. The lowest BCUT2D eigenvalue weighted by atomic mass is 10.2. The second kappa shape index (κ2) is 5.64. The molecule has 1 aliphatic rings. The van der Waals surface area contributed by atoms with Gasteiger partial charge in [0, 0.05) is 30.7 Å². The van der Waals surface area contributed by atoms with E-state index in [1.165, 1.54) is 24.5 Å². The first-order valence-electron chi connectivity index (χ1n) is 6.13. The fourth-order valence-corrected chi connectivity index (χ4v) is 2.89. The molecule has 0 bridgehead atoms. The van der Waals surface area contributed by atoms with Crippen LogP contribution < -0.4 is 10.2 Å². The molecule has 0 spiro atoms. The highest BCUT2D eigenvalue weighted by Crippen LogP contribution is 2.20. The summed E-state index contributed by atoms with van der Waals surface area (Å²) in [7, 11) is 0. The molecule has 1 aliphatic heterocycles. The van der Waals surface area contributed by atoms with Gasteiger partial charge in [-0.25, -0.2) is 4.98 Å². The summed E-state index contributed by atoms with van der Waals surface area (Å²) in [4.78, 5) is 6.86. The zero-order valence-electron chi connectivity index (χ0n) is 10.1. The van der Waals surface area contributed by atoms with Crippen LogP contribution in [0.5, 0.6) is 0 Å². The zero-order valence-corrected chi connectivity index (χ0v) is 11.0. The van der Waals surface area contributed by atoms with E-state index >= 15 is 0 Å². The van der Waals surface area contributed by atoms with E-state index in [0.717, 1.165) is 13.1 Å². The van der Waals surface area contributed by atoms with Crippen molar-refractivity contribution in [2.45, 2.75) is 32.7 Å². The monoisotopic (exact) mass is 239 g/mol. The minimum atomic E-state index is 0.655. The zero-order chi connectivity index (χ0) is 11.4. The van der Waals surface area contributed by atoms with Gasteiger partial charge in [-0.3, -0.25) is 0 Å². The standard InChI is InChI=1S/C12H21N3S/c1-10(2)8-15(12-14-6-7-16-12)9-11-4-3-5-13-11/h6-7,10-11,13H,3-5,8-9H2,1-2H3. The summed E-state index contributed by atoms with van der Waals surface area (Å²) in [5, 5.41) is 6.79. The highest BCUT2D eigenvalue weighted by atomic mass is 32.1. The summed E-state index contributed by atoms with van der Waals surface area (Å²) < 4.78 is 0. The van der Waals surface area contributed by atoms with Crippen LogP contribution in [0.3, 0.4) is 0 Å². The molecule has 4 heteroatoms. The number of nitrogens with one attached hydrogen (secondary N) is 1. The summed E-state index contributed by atoms with van der Waals surface area (Å²) >= 11 is 1.74. The normalized spacial score (nSPS) is 20.6. The molecule has 1 unspecified atom stereocenters. The van der Waals surface area contributed by atoms with Crippen LogP contribution in [0.2, 0.25) is 0 Å². The van der Waals surface area contributed by atoms with Crippen LogP contribution in [0.15, 0.2) is 11.6 Å². The molecular weight excluding hydrogens is 218 g/mol. The van der Waals surface area contributed by atoms with Crippen molar-refractivity contribution in [3.63, 3.8) is 0 Å². The number of hydrogen-bond acceptors (Lipinski definition) is 4. The van der Waals surface area contributed by atoms with Gasteiger partial charge >= 0.3 is 0 Å². The number of thiazole rings is 1.